The van der Waals surface area contributed by atoms with E-state index in [-0.39, 0.29) is 22.2 Å². The largest absolute Gasteiger partial charge is 0.377 e. The number of hydrogen-bond acceptors (Lipinski definition) is 4. The lowest BCUT2D eigenvalue weighted by atomic mass is 10.1. The summed E-state index contributed by atoms with van der Waals surface area (Å²) >= 11 is 3.16. The molecule has 0 spiro atoms. The predicted molar refractivity (Wildman–Crippen MR) is 76.7 cm³/mol. The van der Waals surface area contributed by atoms with Crippen molar-refractivity contribution in [1.29, 1.82) is 0 Å². The van der Waals surface area contributed by atoms with Crippen LogP contribution in [0, 0.1) is 10.1 Å². The molecule has 0 aromatic heterocycles. The topological polar surface area (TPSA) is 72.7 Å². The Balaban J connectivity index is 2.28. The van der Waals surface area contributed by atoms with Gasteiger partial charge in [-0.05, 0) is 35.3 Å². The molecule has 0 radical (unpaired) electrons. The van der Waals surface area contributed by atoms with Crippen LogP contribution in [0.3, 0.4) is 0 Å². The molecule has 1 aromatic carbocycles. The Hall–Kier alpha value is -1.47. The second-order valence-electron chi connectivity index (χ2n) is 4.68. The average Bonchev–Trinajstić information content (AvgIpc) is 2.62. The van der Waals surface area contributed by atoms with E-state index in [1.165, 1.54) is 12.1 Å². The fraction of sp³-hybridized carbons (Fsp3) is 0.462. The highest BCUT2D eigenvalue weighted by atomic mass is 79.9. The molecule has 1 aliphatic heterocycles. The number of benzene rings is 1. The number of hydrogen-bond donors (Lipinski definition) is 0. The van der Waals surface area contributed by atoms with Crippen molar-refractivity contribution in [1.82, 2.24) is 4.90 Å². The van der Waals surface area contributed by atoms with Gasteiger partial charge in [0.15, 0.2) is 0 Å². The van der Waals surface area contributed by atoms with Gasteiger partial charge in [0.1, 0.15) is 4.47 Å². The molecule has 108 valence electrons. The Morgan fingerprint density at radius 1 is 1.55 bits per heavy atom. The van der Waals surface area contributed by atoms with E-state index in [0.717, 1.165) is 6.42 Å². The van der Waals surface area contributed by atoms with Gasteiger partial charge in [-0.3, -0.25) is 14.9 Å². The molecule has 1 heterocycles. The number of carbonyl (C=O) groups is 1. The first kappa shape index (κ1) is 14.9. The normalized spacial score (nSPS) is 19.5. The quantitative estimate of drug-likeness (QED) is 0.611. The lowest BCUT2D eigenvalue weighted by molar-refractivity contribution is -0.385. The van der Waals surface area contributed by atoms with Gasteiger partial charge >= 0.3 is 0 Å². The molecule has 0 saturated carbocycles. The second kappa shape index (κ2) is 6.32. The smallest absolute Gasteiger partial charge is 0.284 e. The molecule has 0 aliphatic carbocycles. The third-order valence-electron chi connectivity index (χ3n) is 3.14. The van der Waals surface area contributed by atoms with Crippen LogP contribution in [0.1, 0.15) is 23.7 Å². The molecule has 1 unspecified atom stereocenters. The van der Waals surface area contributed by atoms with Gasteiger partial charge in [0.05, 0.1) is 16.6 Å². The monoisotopic (exact) mass is 342 g/mol. The van der Waals surface area contributed by atoms with Crippen molar-refractivity contribution in [2.75, 3.05) is 19.7 Å². The van der Waals surface area contributed by atoms with Crippen LogP contribution in [0.5, 0.6) is 0 Å². The zero-order valence-electron chi connectivity index (χ0n) is 11.0. The van der Waals surface area contributed by atoms with Crippen LogP contribution in [0.25, 0.3) is 0 Å². The van der Waals surface area contributed by atoms with E-state index in [9.17, 15) is 14.9 Å². The first-order valence-electron chi connectivity index (χ1n) is 6.34. The van der Waals surface area contributed by atoms with Gasteiger partial charge < -0.3 is 9.64 Å². The average molecular weight is 343 g/mol. The number of halogens is 1. The van der Waals surface area contributed by atoms with Crippen LogP contribution in [-0.2, 0) is 4.74 Å². The summed E-state index contributed by atoms with van der Waals surface area (Å²) in [6.45, 7) is 3.63. The highest BCUT2D eigenvalue weighted by Gasteiger charge is 2.25. The highest BCUT2D eigenvalue weighted by molar-refractivity contribution is 9.10. The van der Waals surface area contributed by atoms with Gasteiger partial charge in [-0.25, -0.2) is 0 Å². The van der Waals surface area contributed by atoms with Crippen molar-refractivity contribution in [2.45, 2.75) is 19.4 Å². The summed E-state index contributed by atoms with van der Waals surface area (Å²) in [5.41, 5.74) is 0.211. The Kier molecular flexibility index (Phi) is 4.72. The lowest BCUT2D eigenvalue weighted by Crippen LogP contribution is -2.36. The first-order valence-corrected chi connectivity index (χ1v) is 7.13. The Morgan fingerprint density at radius 3 is 3.00 bits per heavy atom. The summed E-state index contributed by atoms with van der Waals surface area (Å²) in [5, 5.41) is 10.9. The summed E-state index contributed by atoms with van der Waals surface area (Å²) in [6, 6.07) is 4.48. The van der Waals surface area contributed by atoms with E-state index in [2.05, 4.69) is 15.9 Å². The van der Waals surface area contributed by atoms with Gasteiger partial charge in [0.2, 0.25) is 0 Å². The minimum Gasteiger partial charge on any atom is -0.377 e. The maximum absolute atomic E-state index is 12.5. The number of nitro benzene ring substituents is 1. The molecule has 1 aromatic rings. The number of ether oxygens (including phenoxy) is 1. The summed E-state index contributed by atoms with van der Waals surface area (Å²) in [6.07, 6.45) is 0.738. The fourth-order valence-corrected chi connectivity index (χ4v) is 2.75. The number of rotatable bonds is 2. The Morgan fingerprint density at radius 2 is 2.30 bits per heavy atom. The molecule has 1 aliphatic rings. The molecule has 2 rings (SSSR count). The van der Waals surface area contributed by atoms with Crippen molar-refractivity contribution in [3.8, 4) is 0 Å². The van der Waals surface area contributed by atoms with Crippen molar-refractivity contribution in [3.63, 3.8) is 0 Å². The molecule has 6 nitrogen and oxygen atoms in total. The van der Waals surface area contributed by atoms with Gasteiger partial charge in [0, 0.05) is 25.8 Å². The number of carbonyl (C=O) groups excluding carboxylic acids is 1. The SMILES string of the molecule is CC1CN(C(=O)c2cccc([N+](=O)[O-])c2Br)CCCO1. The van der Waals surface area contributed by atoms with Crippen molar-refractivity contribution < 1.29 is 14.5 Å². The molecule has 0 bridgehead atoms. The number of nitro groups is 1. The molecule has 1 atom stereocenters. The highest BCUT2D eigenvalue weighted by Crippen LogP contribution is 2.29. The second-order valence-corrected chi connectivity index (χ2v) is 5.47. The molecular formula is C13H15BrN2O4. The van der Waals surface area contributed by atoms with E-state index in [1.807, 2.05) is 6.92 Å². The number of amides is 1. The van der Waals surface area contributed by atoms with Crippen LogP contribution < -0.4 is 0 Å². The molecule has 1 fully saturated rings. The summed E-state index contributed by atoms with van der Waals surface area (Å²) in [7, 11) is 0. The zero-order valence-corrected chi connectivity index (χ0v) is 12.6. The van der Waals surface area contributed by atoms with E-state index in [4.69, 9.17) is 4.74 Å². The summed E-state index contributed by atoms with van der Waals surface area (Å²) in [5.74, 6) is -0.210. The third-order valence-corrected chi connectivity index (χ3v) is 3.98. The van der Waals surface area contributed by atoms with Crippen LogP contribution in [0.2, 0.25) is 0 Å². The van der Waals surface area contributed by atoms with Crippen molar-refractivity contribution >= 4 is 27.5 Å². The third kappa shape index (κ3) is 3.16. The van der Waals surface area contributed by atoms with Gasteiger partial charge in [-0.2, -0.15) is 0 Å². The van der Waals surface area contributed by atoms with Crippen LogP contribution in [0.4, 0.5) is 5.69 Å². The van der Waals surface area contributed by atoms with Crippen molar-refractivity contribution in [2.24, 2.45) is 0 Å². The standard InChI is InChI=1S/C13H15BrN2O4/c1-9-8-15(6-3-7-20-9)13(17)10-4-2-5-11(12(10)14)16(18)19/h2,4-5,9H,3,6-8H2,1H3. The van der Waals surface area contributed by atoms with Crippen LogP contribution >= 0.6 is 15.9 Å². The van der Waals surface area contributed by atoms with Gasteiger partial charge in [0.25, 0.3) is 11.6 Å². The summed E-state index contributed by atoms with van der Waals surface area (Å²) < 4.78 is 5.73. The number of nitrogens with zero attached hydrogens (tertiary/aromatic N) is 2. The van der Waals surface area contributed by atoms with E-state index in [1.54, 1.807) is 11.0 Å². The first-order chi connectivity index (χ1) is 9.50. The Labute approximate surface area is 125 Å². The molecule has 20 heavy (non-hydrogen) atoms. The van der Waals surface area contributed by atoms with Gasteiger partial charge in [-0.15, -0.1) is 0 Å². The molecule has 0 N–H and O–H groups in total. The van der Waals surface area contributed by atoms with Gasteiger partial charge in [-0.1, -0.05) is 6.07 Å². The van der Waals surface area contributed by atoms with E-state index in [0.29, 0.717) is 25.3 Å². The lowest BCUT2D eigenvalue weighted by Gasteiger charge is -2.22. The van der Waals surface area contributed by atoms with Crippen LogP contribution in [0.15, 0.2) is 22.7 Å². The Bertz CT molecular complexity index is 535. The van der Waals surface area contributed by atoms with E-state index < -0.39 is 4.92 Å². The molecule has 1 saturated heterocycles. The fourth-order valence-electron chi connectivity index (χ4n) is 2.18. The zero-order chi connectivity index (χ0) is 14.7. The molecule has 1 amide bonds. The minimum absolute atomic E-state index is 0.0288. The molecular weight excluding hydrogens is 328 g/mol. The van der Waals surface area contributed by atoms with Crippen LogP contribution in [-0.4, -0.2) is 41.5 Å². The molecule has 7 heteroatoms. The predicted octanol–water partition coefficient (Wildman–Crippen LogP) is 2.61. The summed E-state index contributed by atoms with van der Waals surface area (Å²) in [4.78, 5) is 24.6. The van der Waals surface area contributed by atoms with Crippen molar-refractivity contribution in [3.05, 3.63) is 38.3 Å². The minimum atomic E-state index is -0.505. The van der Waals surface area contributed by atoms with E-state index >= 15 is 0 Å². The maximum Gasteiger partial charge on any atom is 0.284 e. The maximum atomic E-state index is 12.5.